The molecule has 5 nitrogen and oxygen atoms in total. The molecule has 1 atom stereocenters. The van der Waals surface area contributed by atoms with Gasteiger partial charge in [-0.05, 0) is 23.3 Å². The van der Waals surface area contributed by atoms with Crippen LogP contribution in [0, 0.1) is 0 Å². The van der Waals surface area contributed by atoms with Crippen LogP contribution in [0.4, 0.5) is 0 Å². The third-order valence-corrected chi connectivity index (χ3v) is 4.70. The number of pyridine rings is 1. The number of aromatic nitrogens is 3. The van der Waals surface area contributed by atoms with E-state index in [0.717, 1.165) is 32.7 Å². The Kier molecular flexibility index (Phi) is 6.39. The first kappa shape index (κ1) is 18.6. The van der Waals surface area contributed by atoms with Crippen LogP contribution in [-0.2, 0) is 13.1 Å². The summed E-state index contributed by atoms with van der Waals surface area (Å²) in [7, 11) is 0. The number of nitrogens with one attached hydrogen (secondary N) is 1. The third kappa shape index (κ3) is 4.49. The molecule has 1 fully saturated rings. The summed E-state index contributed by atoms with van der Waals surface area (Å²) < 4.78 is 2.02. The first-order valence-electron chi connectivity index (χ1n) is 8.78. The minimum atomic E-state index is 0. The van der Waals surface area contributed by atoms with E-state index >= 15 is 0 Å². The van der Waals surface area contributed by atoms with Crippen molar-refractivity contribution in [1.82, 2.24) is 25.0 Å². The van der Waals surface area contributed by atoms with Crippen molar-refractivity contribution < 1.29 is 0 Å². The van der Waals surface area contributed by atoms with Gasteiger partial charge in [0, 0.05) is 56.4 Å². The zero-order valence-electron chi connectivity index (χ0n) is 14.7. The highest BCUT2D eigenvalue weighted by Gasteiger charge is 2.24. The van der Waals surface area contributed by atoms with Crippen LogP contribution in [0.5, 0.6) is 0 Å². The zero-order valence-corrected chi connectivity index (χ0v) is 15.5. The fraction of sp³-hybridized carbons (Fsp3) is 0.300. The van der Waals surface area contributed by atoms with E-state index in [9.17, 15) is 0 Å². The molecule has 136 valence electrons. The number of halogens is 1. The number of hydrogen-bond donors (Lipinski definition) is 1. The lowest BCUT2D eigenvalue weighted by Crippen LogP contribution is -2.45. The number of rotatable bonds is 5. The predicted octanol–water partition coefficient (Wildman–Crippen LogP) is 2.89. The van der Waals surface area contributed by atoms with Crippen LogP contribution >= 0.6 is 12.4 Å². The van der Waals surface area contributed by atoms with Crippen molar-refractivity contribution in [2.45, 2.75) is 19.1 Å². The van der Waals surface area contributed by atoms with Gasteiger partial charge in [0.25, 0.3) is 0 Å². The standard InChI is InChI=1S/C20H23N5.ClH/c1-2-4-17(5-3-1)15-25-16-18(12-23-25)14-24-11-10-22-13-20(24)19-6-8-21-9-7-19;/h1-9,12,16,20,22H,10-11,13-15H2;1H. The second-order valence-corrected chi connectivity index (χ2v) is 6.50. The third-order valence-electron chi connectivity index (χ3n) is 4.70. The molecule has 26 heavy (non-hydrogen) atoms. The van der Waals surface area contributed by atoms with Gasteiger partial charge < -0.3 is 5.32 Å². The normalized spacial score (nSPS) is 17.6. The second-order valence-electron chi connectivity index (χ2n) is 6.50. The summed E-state index contributed by atoms with van der Waals surface area (Å²) in [6, 6.07) is 15.1. The first-order valence-corrected chi connectivity index (χ1v) is 8.78. The van der Waals surface area contributed by atoms with Crippen LogP contribution in [0.2, 0.25) is 0 Å². The van der Waals surface area contributed by atoms with Crippen molar-refractivity contribution in [1.29, 1.82) is 0 Å². The molecule has 1 saturated heterocycles. The summed E-state index contributed by atoms with van der Waals surface area (Å²) in [5.74, 6) is 0. The summed E-state index contributed by atoms with van der Waals surface area (Å²) in [4.78, 5) is 6.66. The molecule has 0 bridgehead atoms. The molecule has 3 heterocycles. The number of nitrogens with zero attached hydrogens (tertiary/aromatic N) is 4. The summed E-state index contributed by atoms with van der Waals surface area (Å²) >= 11 is 0. The SMILES string of the molecule is Cl.c1ccc(Cn2cc(CN3CCNCC3c3ccncc3)cn2)cc1. The van der Waals surface area contributed by atoms with Crippen molar-refractivity contribution in [2.24, 2.45) is 0 Å². The molecule has 1 aromatic carbocycles. The lowest BCUT2D eigenvalue weighted by Gasteiger charge is -2.36. The van der Waals surface area contributed by atoms with Crippen molar-refractivity contribution in [3.05, 3.63) is 83.9 Å². The van der Waals surface area contributed by atoms with Gasteiger partial charge in [0.1, 0.15) is 0 Å². The van der Waals surface area contributed by atoms with Crippen LogP contribution in [0.15, 0.2) is 67.3 Å². The zero-order chi connectivity index (χ0) is 16.9. The number of hydrogen-bond acceptors (Lipinski definition) is 4. The summed E-state index contributed by atoms with van der Waals surface area (Å²) in [5.41, 5.74) is 3.85. The fourth-order valence-electron chi connectivity index (χ4n) is 3.43. The lowest BCUT2D eigenvalue weighted by atomic mass is 10.0. The van der Waals surface area contributed by atoms with Gasteiger partial charge in [-0.3, -0.25) is 14.6 Å². The van der Waals surface area contributed by atoms with Crippen LogP contribution in [-0.4, -0.2) is 39.3 Å². The number of piperazine rings is 1. The van der Waals surface area contributed by atoms with E-state index in [1.165, 1.54) is 16.7 Å². The van der Waals surface area contributed by atoms with Gasteiger partial charge in [-0.1, -0.05) is 30.3 Å². The molecule has 0 saturated carbocycles. The molecule has 4 rings (SSSR count). The van der Waals surface area contributed by atoms with Crippen LogP contribution < -0.4 is 5.32 Å². The van der Waals surface area contributed by atoms with Gasteiger partial charge >= 0.3 is 0 Å². The maximum atomic E-state index is 4.54. The average molecular weight is 370 g/mol. The summed E-state index contributed by atoms with van der Waals surface area (Å²) in [5, 5.41) is 8.04. The largest absolute Gasteiger partial charge is 0.314 e. The highest BCUT2D eigenvalue weighted by molar-refractivity contribution is 5.85. The van der Waals surface area contributed by atoms with E-state index in [1.54, 1.807) is 0 Å². The van der Waals surface area contributed by atoms with E-state index in [0.29, 0.717) is 6.04 Å². The number of benzene rings is 1. The molecule has 6 heteroatoms. The molecule has 0 radical (unpaired) electrons. The molecule has 2 aromatic heterocycles. The maximum absolute atomic E-state index is 4.54. The Morgan fingerprint density at radius 3 is 2.62 bits per heavy atom. The molecule has 1 aliphatic rings. The Morgan fingerprint density at radius 1 is 1.00 bits per heavy atom. The van der Waals surface area contributed by atoms with Crippen molar-refractivity contribution in [3.8, 4) is 0 Å². The molecule has 3 aromatic rings. The lowest BCUT2D eigenvalue weighted by molar-refractivity contribution is 0.153. The second kappa shape index (κ2) is 8.94. The highest BCUT2D eigenvalue weighted by atomic mass is 35.5. The van der Waals surface area contributed by atoms with E-state index in [-0.39, 0.29) is 12.4 Å². The van der Waals surface area contributed by atoms with Crippen LogP contribution in [0.1, 0.15) is 22.7 Å². The molecule has 1 N–H and O–H groups in total. The van der Waals surface area contributed by atoms with Gasteiger partial charge in [-0.15, -0.1) is 12.4 Å². The first-order chi connectivity index (χ1) is 12.4. The summed E-state index contributed by atoms with van der Waals surface area (Å²) in [6.07, 6.45) is 7.91. The average Bonchev–Trinajstić information content (AvgIpc) is 3.10. The van der Waals surface area contributed by atoms with Gasteiger partial charge in [-0.2, -0.15) is 5.10 Å². The van der Waals surface area contributed by atoms with Crippen molar-refractivity contribution in [2.75, 3.05) is 19.6 Å². The quantitative estimate of drug-likeness (QED) is 0.751. The van der Waals surface area contributed by atoms with E-state index in [1.807, 2.05) is 29.3 Å². The Balaban J connectivity index is 0.00000196. The minimum Gasteiger partial charge on any atom is -0.314 e. The monoisotopic (exact) mass is 369 g/mol. The van der Waals surface area contributed by atoms with Gasteiger partial charge in [0.2, 0.25) is 0 Å². The molecule has 0 spiro atoms. The van der Waals surface area contributed by atoms with E-state index in [4.69, 9.17) is 0 Å². The fourth-order valence-corrected chi connectivity index (χ4v) is 3.43. The van der Waals surface area contributed by atoms with Crippen molar-refractivity contribution >= 4 is 12.4 Å². The molecule has 1 aliphatic heterocycles. The molecular formula is C20H24ClN5. The van der Waals surface area contributed by atoms with Crippen LogP contribution in [0.3, 0.4) is 0 Å². The Morgan fingerprint density at radius 2 is 1.81 bits per heavy atom. The van der Waals surface area contributed by atoms with Gasteiger partial charge in [0.05, 0.1) is 12.7 Å². The predicted molar refractivity (Wildman–Crippen MR) is 105 cm³/mol. The van der Waals surface area contributed by atoms with E-state index < -0.39 is 0 Å². The smallest absolute Gasteiger partial charge is 0.0659 e. The molecule has 1 unspecified atom stereocenters. The Bertz CT molecular complexity index is 790. The maximum Gasteiger partial charge on any atom is 0.0659 e. The highest BCUT2D eigenvalue weighted by Crippen LogP contribution is 2.23. The Hall–Kier alpha value is -2.21. The minimum absolute atomic E-state index is 0. The van der Waals surface area contributed by atoms with Crippen LogP contribution in [0.25, 0.3) is 0 Å². The van der Waals surface area contributed by atoms with Gasteiger partial charge in [-0.25, -0.2) is 0 Å². The summed E-state index contributed by atoms with van der Waals surface area (Å²) in [6.45, 7) is 4.78. The Labute approximate surface area is 160 Å². The van der Waals surface area contributed by atoms with E-state index in [2.05, 4.69) is 62.9 Å². The van der Waals surface area contributed by atoms with Crippen molar-refractivity contribution in [3.63, 3.8) is 0 Å². The molecule has 0 amide bonds. The topological polar surface area (TPSA) is 46.0 Å². The molecule has 0 aliphatic carbocycles. The van der Waals surface area contributed by atoms with Gasteiger partial charge in [0.15, 0.2) is 0 Å². The molecular weight excluding hydrogens is 346 g/mol.